The summed E-state index contributed by atoms with van der Waals surface area (Å²) in [5.41, 5.74) is 5.97. The summed E-state index contributed by atoms with van der Waals surface area (Å²) in [6.07, 6.45) is 2.06. The van der Waals surface area contributed by atoms with Crippen LogP contribution in [0.5, 0.6) is 5.75 Å². The van der Waals surface area contributed by atoms with E-state index < -0.39 is 0 Å². The van der Waals surface area contributed by atoms with E-state index in [1.54, 1.807) is 36.4 Å². The van der Waals surface area contributed by atoms with Crippen LogP contribution in [0.3, 0.4) is 0 Å². The Labute approximate surface area is 224 Å². The summed E-state index contributed by atoms with van der Waals surface area (Å²) < 4.78 is 50.9. The average molecular weight is 524 g/mol. The molecule has 3 nitrogen and oxygen atoms in total. The Bertz CT molecular complexity index is 1770. The minimum Gasteiger partial charge on any atom is -0.489 e. The van der Waals surface area contributed by atoms with Crippen LogP contribution in [-0.2, 0) is 19.7 Å². The van der Waals surface area contributed by atoms with Gasteiger partial charge in [-0.05, 0) is 71.8 Å². The van der Waals surface area contributed by atoms with Crippen LogP contribution in [0, 0.1) is 24.4 Å². The number of ether oxygens (including phenoxy) is 1. The van der Waals surface area contributed by atoms with Gasteiger partial charge < -0.3 is 9.30 Å². The standard InChI is InChI=1S/C33H26F3N2O/c1-22-33-31(16-17-37(22)19-23-2-8-26(34)9-3-23)30-15-14-29(39-21-25-6-12-28(36)13-7-25)18-32(30)38(33)20-24-4-10-27(35)11-5-24/h2-18H,19-21H2,1H3/q+1. The molecule has 0 atom stereocenters. The molecule has 2 aromatic heterocycles. The van der Waals surface area contributed by atoms with Crippen molar-refractivity contribution in [2.45, 2.75) is 26.6 Å². The van der Waals surface area contributed by atoms with E-state index >= 15 is 0 Å². The van der Waals surface area contributed by atoms with Gasteiger partial charge in [0.2, 0.25) is 5.69 Å². The van der Waals surface area contributed by atoms with Crippen molar-refractivity contribution in [3.63, 3.8) is 0 Å². The second-order valence-electron chi connectivity index (χ2n) is 9.72. The molecule has 0 radical (unpaired) electrons. The first-order valence-corrected chi connectivity index (χ1v) is 12.8. The highest BCUT2D eigenvalue weighted by Gasteiger charge is 2.20. The molecule has 6 aromatic rings. The Morgan fingerprint density at radius 3 is 1.90 bits per heavy atom. The third-order valence-corrected chi connectivity index (χ3v) is 7.11. The molecule has 0 aliphatic rings. The molecule has 39 heavy (non-hydrogen) atoms. The fourth-order valence-corrected chi connectivity index (χ4v) is 5.06. The first-order chi connectivity index (χ1) is 18.9. The topological polar surface area (TPSA) is 18.0 Å². The van der Waals surface area contributed by atoms with Gasteiger partial charge in [-0.25, -0.2) is 13.2 Å². The summed E-state index contributed by atoms with van der Waals surface area (Å²) in [6.45, 7) is 3.55. The Kier molecular flexibility index (Phi) is 6.53. The van der Waals surface area contributed by atoms with Gasteiger partial charge in [-0.1, -0.05) is 24.3 Å². The Morgan fingerprint density at radius 2 is 1.26 bits per heavy atom. The molecular formula is C33H26F3N2O+. The number of benzene rings is 4. The average Bonchev–Trinajstić information content (AvgIpc) is 3.25. The highest BCUT2D eigenvalue weighted by molar-refractivity contribution is 6.08. The number of hydrogen-bond acceptors (Lipinski definition) is 1. The SMILES string of the molecule is Cc1c2c(cc[n+]1Cc1ccc(F)cc1)c1ccc(OCc3ccc(F)cc3)cc1n2Cc1ccc(F)cc1. The van der Waals surface area contributed by atoms with Crippen molar-refractivity contribution < 1.29 is 22.5 Å². The van der Waals surface area contributed by atoms with E-state index in [1.165, 1.54) is 36.4 Å². The first kappa shape index (κ1) is 24.7. The van der Waals surface area contributed by atoms with Gasteiger partial charge >= 0.3 is 0 Å². The van der Waals surface area contributed by atoms with Crippen LogP contribution < -0.4 is 9.30 Å². The molecule has 0 unspecified atom stereocenters. The van der Waals surface area contributed by atoms with Crippen molar-refractivity contribution in [1.29, 1.82) is 0 Å². The number of halogens is 3. The molecule has 0 saturated heterocycles. The van der Waals surface area contributed by atoms with Gasteiger partial charge in [0.15, 0.2) is 12.7 Å². The third-order valence-electron chi connectivity index (χ3n) is 7.11. The van der Waals surface area contributed by atoms with Gasteiger partial charge in [0.25, 0.3) is 0 Å². The van der Waals surface area contributed by atoms with Gasteiger partial charge in [0, 0.05) is 41.9 Å². The summed E-state index contributed by atoms with van der Waals surface area (Å²) in [6, 6.07) is 27.5. The second kappa shape index (κ2) is 10.3. The molecule has 4 aromatic carbocycles. The molecule has 0 amide bonds. The molecule has 194 valence electrons. The lowest BCUT2D eigenvalue weighted by Gasteiger charge is -2.11. The predicted octanol–water partition coefficient (Wildman–Crippen LogP) is 7.48. The van der Waals surface area contributed by atoms with E-state index in [0.29, 0.717) is 25.4 Å². The smallest absolute Gasteiger partial charge is 0.203 e. The first-order valence-electron chi connectivity index (χ1n) is 12.8. The lowest BCUT2D eigenvalue weighted by molar-refractivity contribution is -0.693. The normalized spacial score (nSPS) is 11.4. The third kappa shape index (κ3) is 5.10. The molecule has 0 spiro atoms. The highest BCUT2D eigenvalue weighted by Crippen LogP contribution is 2.33. The number of aromatic nitrogens is 2. The maximum absolute atomic E-state index is 13.6. The monoisotopic (exact) mass is 523 g/mol. The summed E-state index contributed by atoms with van der Waals surface area (Å²) in [7, 11) is 0. The molecule has 6 heteroatoms. The summed E-state index contributed by atoms with van der Waals surface area (Å²) in [5, 5.41) is 2.18. The summed E-state index contributed by atoms with van der Waals surface area (Å²) in [4.78, 5) is 0. The number of pyridine rings is 1. The fraction of sp³-hybridized carbons (Fsp3) is 0.121. The number of hydrogen-bond donors (Lipinski definition) is 0. The molecule has 2 heterocycles. The van der Waals surface area contributed by atoms with Crippen LogP contribution in [0.15, 0.2) is 103 Å². The number of nitrogens with zero attached hydrogens (tertiary/aromatic N) is 2. The van der Waals surface area contributed by atoms with Crippen LogP contribution >= 0.6 is 0 Å². The van der Waals surface area contributed by atoms with Gasteiger partial charge in [0.1, 0.15) is 35.3 Å². The van der Waals surface area contributed by atoms with E-state index in [0.717, 1.165) is 44.2 Å². The summed E-state index contributed by atoms with van der Waals surface area (Å²) in [5.74, 6) is -0.108. The van der Waals surface area contributed by atoms with Crippen molar-refractivity contribution >= 4 is 21.8 Å². The minimum atomic E-state index is -0.280. The minimum absolute atomic E-state index is 0.257. The van der Waals surface area contributed by atoms with E-state index in [2.05, 4.69) is 34.4 Å². The van der Waals surface area contributed by atoms with Crippen molar-refractivity contribution in [1.82, 2.24) is 4.57 Å². The second-order valence-corrected chi connectivity index (χ2v) is 9.72. The molecule has 0 saturated carbocycles. The van der Waals surface area contributed by atoms with Crippen molar-refractivity contribution in [3.8, 4) is 5.75 Å². The van der Waals surface area contributed by atoms with E-state index in [9.17, 15) is 13.2 Å². The Balaban J connectivity index is 1.44. The molecule has 0 fully saturated rings. The van der Waals surface area contributed by atoms with Gasteiger partial charge in [0.05, 0.1) is 5.52 Å². The molecular weight excluding hydrogens is 497 g/mol. The van der Waals surface area contributed by atoms with E-state index in [1.807, 2.05) is 12.1 Å². The van der Waals surface area contributed by atoms with Gasteiger partial charge in [-0.3, -0.25) is 0 Å². The lowest BCUT2D eigenvalue weighted by Crippen LogP contribution is -2.37. The lowest BCUT2D eigenvalue weighted by atomic mass is 10.1. The number of fused-ring (bicyclic) bond motifs is 3. The maximum atomic E-state index is 13.6. The molecule has 6 rings (SSSR count). The maximum Gasteiger partial charge on any atom is 0.203 e. The van der Waals surface area contributed by atoms with Crippen molar-refractivity contribution in [3.05, 3.63) is 143 Å². The van der Waals surface area contributed by atoms with Crippen molar-refractivity contribution in [2.75, 3.05) is 0 Å². The highest BCUT2D eigenvalue weighted by atomic mass is 19.1. The molecule has 0 aliphatic heterocycles. The zero-order chi connectivity index (χ0) is 26.9. The number of aryl methyl sites for hydroxylation is 1. The molecule has 0 N–H and O–H groups in total. The van der Waals surface area contributed by atoms with Crippen LogP contribution in [0.4, 0.5) is 13.2 Å². The largest absolute Gasteiger partial charge is 0.489 e. The fourth-order valence-electron chi connectivity index (χ4n) is 5.06. The van der Waals surface area contributed by atoms with Gasteiger partial charge in [-0.2, -0.15) is 4.57 Å². The number of rotatable bonds is 7. The van der Waals surface area contributed by atoms with Crippen LogP contribution in [-0.4, -0.2) is 4.57 Å². The van der Waals surface area contributed by atoms with Gasteiger partial charge in [-0.15, -0.1) is 0 Å². The quantitative estimate of drug-likeness (QED) is 0.198. The zero-order valence-corrected chi connectivity index (χ0v) is 21.4. The predicted molar refractivity (Wildman–Crippen MR) is 146 cm³/mol. The van der Waals surface area contributed by atoms with Crippen LogP contribution in [0.25, 0.3) is 21.8 Å². The van der Waals surface area contributed by atoms with Crippen molar-refractivity contribution in [2.24, 2.45) is 0 Å². The zero-order valence-electron chi connectivity index (χ0n) is 21.4. The Morgan fingerprint density at radius 1 is 0.667 bits per heavy atom. The van der Waals surface area contributed by atoms with Crippen LogP contribution in [0.2, 0.25) is 0 Å². The Hall–Kier alpha value is -4.58. The van der Waals surface area contributed by atoms with Crippen LogP contribution in [0.1, 0.15) is 22.4 Å². The summed E-state index contributed by atoms with van der Waals surface area (Å²) >= 11 is 0. The van der Waals surface area contributed by atoms with E-state index in [-0.39, 0.29) is 17.5 Å². The molecule has 0 aliphatic carbocycles. The molecule has 0 bridgehead atoms. The van der Waals surface area contributed by atoms with E-state index in [4.69, 9.17) is 4.74 Å².